The van der Waals surface area contributed by atoms with E-state index in [1.807, 2.05) is 11.4 Å². The molecule has 0 bridgehead atoms. The second-order valence-electron chi connectivity index (χ2n) is 4.62. The SMILES string of the molecule is CC1CCCC(C)N1NC(=O)c1csc(Br)c1. The molecule has 1 N–H and O–H groups in total. The molecule has 3 nitrogen and oxygen atoms in total. The topological polar surface area (TPSA) is 32.3 Å². The third-order valence-electron chi connectivity index (χ3n) is 3.25. The lowest BCUT2D eigenvalue weighted by molar-refractivity contribution is 0.0370. The third kappa shape index (κ3) is 3.09. The monoisotopic (exact) mass is 316 g/mol. The molecule has 1 amide bonds. The zero-order valence-electron chi connectivity index (χ0n) is 10.1. The molecular formula is C12H17BrN2OS. The van der Waals surface area contributed by atoms with E-state index < -0.39 is 0 Å². The van der Waals surface area contributed by atoms with Gasteiger partial charge in [0, 0.05) is 17.5 Å². The van der Waals surface area contributed by atoms with Gasteiger partial charge in [-0.3, -0.25) is 10.2 Å². The van der Waals surface area contributed by atoms with E-state index in [0.29, 0.717) is 12.1 Å². The van der Waals surface area contributed by atoms with Crippen molar-refractivity contribution >= 4 is 33.2 Å². The smallest absolute Gasteiger partial charge is 0.266 e. The van der Waals surface area contributed by atoms with Gasteiger partial charge >= 0.3 is 0 Å². The van der Waals surface area contributed by atoms with E-state index in [9.17, 15) is 4.79 Å². The minimum absolute atomic E-state index is 0.00690. The molecule has 1 aromatic rings. The summed E-state index contributed by atoms with van der Waals surface area (Å²) < 4.78 is 0.988. The van der Waals surface area contributed by atoms with Crippen molar-refractivity contribution in [3.8, 4) is 0 Å². The Kier molecular flexibility index (Phi) is 4.22. The standard InChI is InChI=1S/C12H17BrN2OS/c1-8-4-3-5-9(2)15(8)14-12(16)10-6-11(13)17-7-10/h6-9H,3-5H2,1-2H3,(H,14,16). The number of nitrogens with zero attached hydrogens (tertiary/aromatic N) is 1. The van der Waals surface area contributed by atoms with Crippen molar-refractivity contribution in [1.82, 2.24) is 10.4 Å². The van der Waals surface area contributed by atoms with E-state index in [2.05, 4.69) is 40.2 Å². The highest BCUT2D eigenvalue weighted by Crippen LogP contribution is 2.23. The molecule has 1 aliphatic rings. The van der Waals surface area contributed by atoms with Crippen molar-refractivity contribution in [2.45, 2.75) is 45.2 Å². The Morgan fingerprint density at radius 3 is 2.65 bits per heavy atom. The molecule has 2 rings (SSSR count). The molecule has 2 atom stereocenters. The van der Waals surface area contributed by atoms with Crippen LogP contribution < -0.4 is 5.43 Å². The largest absolute Gasteiger partial charge is 0.284 e. The number of halogens is 1. The number of hydrazine groups is 1. The number of rotatable bonds is 2. The molecule has 1 aliphatic heterocycles. The van der Waals surface area contributed by atoms with Gasteiger partial charge in [0.2, 0.25) is 0 Å². The van der Waals surface area contributed by atoms with E-state index in [1.54, 1.807) is 0 Å². The Morgan fingerprint density at radius 1 is 1.47 bits per heavy atom. The summed E-state index contributed by atoms with van der Waals surface area (Å²) in [7, 11) is 0. The van der Waals surface area contributed by atoms with Crippen molar-refractivity contribution in [3.63, 3.8) is 0 Å². The first-order valence-corrected chi connectivity index (χ1v) is 7.58. The lowest BCUT2D eigenvalue weighted by atomic mass is 10.00. The third-order valence-corrected chi connectivity index (χ3v) is 4.76. The summed E-state index contributed by atoms with van der Waals surface area (Å²) in [6, 6.07) is 2.70. The predicted molar refractivity (Wildman–Crippen MR) is 74.1 cm³/mol. The van der Waals surface area contributed by atoms with Crippen LogP contribution in [0, 0.1) is 0 Å². The number of hydrogen-bond donors (Lipinski definition) is 1. The fraction of sp³-hybridized carbons (Fsp3) is 0.583. The minimum Gasteiger partial charge on any atom is -0.284 e. The van der Waals surface area contributed by atoms with Gasteiger partial charge in [-0.1, -0.05) is 6.42 Å². The highest BCUT2D eigenvalue weighted by Gasteiger charge is 2.26. The van der Waals surface area contributed by atoms with E-state index in [4.69, 9.17) is 0 Å². The van der Waals surface area contributed by atoms with Gasteiger partial charge < -0.3 is 0 Å². The minimum atomic E-state index is -0.00690. The summed E-state index contributed by atoms with van der Waals surface area (Å²) in [5.41, 5.74) is 3.76. The van der Waals surface area contributed by atoms with Crippen molar-refractivity contribution in [3.05, 3.63) is 20.8 Å². The second-order valence-corrected chi connectivity index (χ2v) is 6.91. The maximum Gasteiger partial charge on any atom is 0.266 e. The molecule has 2 unspecified atom stereocenters. The van der Waals surface area contributed by atoms with Gasteiger partial charge in [0.1, 0.15) is 0 Å². The summed E-state index contributed by atoms with van der Waals surface area (Å²) in [6.07, 6.45) is 3.55. The lowest BCUT2D eigenvalue weighted by Gasteiger charge is -2.38. The number of carbonyl (C=O) groups excluding carboxylic acids is 1. The molecule has 5 heteroatoms. The molecule has 0 aliphatic carbocycles. The van der Waals surface area contributed by atoms with E-state index in [1.165, 1.54) is 17.8 Å². The molecule has 17 heavy (non-hydrogen) atoms. The van der Waals surface area contributed by atoms with Crippen molar-refractivity contribution in [2.75, 3.05) is 0 Å². The summed E-state index contributed by atoms with van der Waals surface area (Å²) >= 11 is 4.91. The first kappa shape index (κ1) is 13.1. The molecule has 0 saturated carbocycles. The summed E-state index contributed by atoms with van der Waals surface area (Å²) in [4.78, 5) is 12.1. The summed E-state index contributed by atoms with van der Waals surface area (Å²) in [5, 5.41) is 3.97. The average Bonchev–Trinajstić information content (AvgIpc) is 2.70. The van der Waals surface area contributed by atoms with Gasteiger partial charge in [-0.25, -0.2) is 5.01 Å². The normalized spacial score (nSPS) is 25.8. The fourth-order valence-corrected chi connectivity index (χ4v) is 3.39. The number of amides is 1. The number of thiophene rings is 1. The van der Waals surface area contributed by atoms with Crippen LogP contribution in [0.3, 0.4) is 0 Å². The summed E-state index contributed by atoms with van der Waals surface area (Å²) in [6.45, 7) is 4.33. The molecular weight excluding hydrogens is 300 g/mol. The van der Waals surface area contributed by atoms with Crippen LogP contribution in [0.4, 0.5) is 0 Å². The van der Waals surface area contributed by atoms with Gasteiger partial charge in [0.05, 0.1) is 9.35 Å². The molecule has 0 aromatic carbocycles. The highest BCUT2D eigenvalue weighted by atomic mass is 79.9. The lowest BCUT2D eigenvalue weighted by Crippen LogP contribution is -2.54. The molecule has 1 saturated heterocycles. The Labute approximate surface area is 114 Å². The first-order chi connectivity index (χ1) is 8.08. The van der Waals surface area contributed by atoms with Gasteiger partial charge in [-0.15, -0.1) is 11.3 Å². The second kappa shape index (κ2) is 5.50. The maximum absolute atomic E-state index is 12.1. The Hall–Kier alpha value is -0.390. The van der Waals surface area contributed by atoms with Crippen LogP contribution in [0.15, 0.2) is 15.2 Å². The predicted octanol–water partition coefficient (Wildman–Crippen LogP) is 3.42. The number of hydrogen-bond acceptors (Lipinski definition) is 3. The van der Waals surface area contributed by atoms with Crippen LogP contribution >= 0.6 is 27.3 Å². The Morgan fingerprint density at radius 2 is 2.12 bits per heavy atom. The van der Waals surface area contributed by atoms with Crippen molar-refractivity contribution in [2.24, 2.45) is 0 Å². The van der Waals surface area contributed by atoms with Crippen LogP contribution in [0.5, 0.6) is 0 Å². The summed E-state index contributed by atoms with van der Waals surface area (Å²) in [5.74, 6) is -0.00690. The maximum atomic E-state index is 12.1. The number of nitrogens with one attached hydrogen (secondary N) is 1. The zero-order valence-corrected chi connectivity index (χ0v) is 12.5. The van der Waals surface area contributed by atoms with Crippen molar-refractivity contribution in [1.29, 1.82) is 0 Å². The zero-order chi connectivity index (χ0) is 12.4. The van der Waals surface area contributed by atoms with Crippen LogP contribution in [0.25, 0.3) is 0 Å². The molecule has 0 spiro atoms. The average molecular weight is 317 g/mol. The highest BCUT2D eigenvalue weighted by molar-refractivity contribution is 9.11. The molecule has 94 valence electrons. The van der Waals surface area contributed by atoms with Gasteiger partial charge in [0.25, 0.3) is 5.91 Å². The van der Waals surface area contributed by atoms with Gasteiger partial charge in [-0.2, -0.15) is 0 Å². The quantitative estimate of drug-likeness (QED) is 0.906. The van der Waals surface area contributed by atoms with E-state index in [-0.39, 0.29) is 5.91 Å². The number of piperidine rings is 1. The van der Waals surface area contributed by atoms with Crippen LogP contribution in [-0.4, -0.2) is 23.0 Å². The van der Waals surface area contributed by atoms with Crippen molar-refractivity contribution < 1.29 is 4.79 Å². The number of carbonyl (C=O) groups is 1. The fourth-order valence-electron chi connectivity index (χ4n) is 2.25. The molecule has 2 heterocycles. The molecule has 1 fully saturated rings. The Balaban J connectivity index is 2.02. The molecule has 0 radical (unpaired) electrons. The van der Waals surface area contributed by atoms with Gasteiger partial charge in [0.15, 0.2) is 0 Å². The first-order valence-electron chi connectivity index (χ1n) is 5.91. The van der Waals surface area contributed by atoms with Gasteiger partial charge in [-0.05, 0) is 48.7 Å². The van der Waals surface area contributed by atoms with Crippen LogP contribution in [0.2, 0.25) is 0 Å². The van der Waals surface area contributed by atoms with Crippen LogP contribution in [-0.2, 0) is 0 Å². The van der Waals surface area contributed by atoms with Crippen LogP contribution in [0.1, 0.15) is 43.5 Å². The van der Waals surface area contributed by atoms with E-state index in [0.717, 1.165) is 22.2 Å². The van der Waals surface area contributed by atoms with E-state index >= 15 is 0 Å². The Bertz CT molecular complexity index is 397. The molecule has 1 aromatic heterocycles.